The normalized spacial score (nSPS) is 26.2. The summed E-state index contributed by atoms with van der Waals surface area (Å²) < 4.78 is 0. The molecule has 1 aliphatic rings. The van der Waals surface area contributed by atoms with E-state index in [0.717, 1.165) is 25.6 Å². The van der Waals surface area contributed by atoms with E-state index in [1.165, 1.54) is 19.3 Å². The van der Waals surface area contributed by atoms with Crippen LogP contribution in [0.15, 0.2) is 0 Å². The van der Waals surface area contributed by atoms with E-state index in [1.54, 1.807) is 0 Å². The van der Waals surface area contributed by atoms with Crippen molar-refractivity contribution in [3.8, 4) is 0 Å². The van der Waals surface area contributed by atoms with Gasteiger partial charge in [0, 0.05) is 32.1 Å². The van der Waals surface area contributed by atoms with Crippen molar-refractivity contribution in [1.29, 1.82) is 0 Å². The average Bonchev–Trinajstić information content (AvgIpc) is 2.27. The third kappa shape index (κ3) is 5.52. The lowest BCUT2D eigenvalue weighted by atomic mass is 9.70. The first-order valence-electron chi connectivity index (χ1n) is 7.89. The van der Waals surface area contributed by atoms with Gasteiger partial charge in [-0.3, -0.25) is 4.79 Å². The lowest BCUT2D eigenvalue weighted by Gasteiger charge is -2.39. The van der Waals surface area contributed by atoms with E-state index in [9.17, 15) is 4.79 Å². The van der Waals surface area contributed by atoms with Crippen LogP contribution in [0.3, 0.4) is 0 Å². The van der Waals surface area contributed by atoms with E-state index in [0.29, 0.717) is 17.9 Å². The van der Waals surface area contributed by atoms with Crippen molar-refractivity contribution in [2.24, 2.45) is 11.3 Å². The molecule has 0 aromatic rings. The summed E-state index contributed by atoms with van der Waals surface area (Å²) in [5.41, 5.74) is 0.443. The second kappa shape index (κ2) is 7.28. The molecule has 1 saturated carbocycles. The summed E-state index contributed by atoms with van der Waals surface area (Å²) in [7, 11) is 0. The number of nitrogens with one attached hydrogen (secondary N) is 1. The molecule has 3 nitrogen and oxygen atoms in total. The predicted molar refractivity (Wildman–Crippen MR) is 81.1 cm³/mol. The topological polar surface area (TPSA) is 32.3 Å². The SMILES string of the molecule is CCN(CC)C(=O)CCNC1CC(C)CC(C)(C)C1. The van der Waals surface area contributed by atoms with E-state index in [2.05, 4.69) is 26.1 Å². The molecule has 0 aromatic carbocycles. The number of hydrogen-bond acceptors (Lipinski definition) is 2. The highest BCUT2D eigenvalue weighted by molar-refractivity contribution is 5.76. The van der Waals surface area contributed by atoms with E-state index < -0.39 is 0 Å². The Labute approximate surface area is 119 Å². The number of nitrogens with zero attached hydrogens (tertiary/aromatic N) is 1. The summed E-state index contributed by atoms with van der Waals surface area (Å²) in [5, 5.41) is 3.59. The van der Waals surface area contributed by atoms with Gasteiger partial charge in [0.1, 0.15) is 0 Å². The highest BCUT2D eigenvalue weighted by Gasteiger charge is 2.31. The number of hydrogen-bond donors (Lipinski definition) is 1. The quantitative estimate of drug-likeness (QED) is 0.803. The largest absolute Gasteiger partial charge is 0.343 e. The zero-order chi connectivity index (χ0) is 14.5. The minimum atomic E-state index is 0.278. The first kappa shape index (κ1) is 16.5. The van der Waals surface area contributed by atoms with E-state index >= 15 is 0 Å². The molecule has 3 heteroatoms. The fourth-order valence-electron chi connectivity index (χ4n) is 3.62. The van der Waals surface area contributed by atoms with Gasteiger partial charge in [-0.15, -0.1) is 0 Å². The van der Waals surface area contributed by atoms with Crippen LogP contribution in [-0.4, -0.2) is 36.5 Å². The molecule has 0 radical (unpaired) electrons. The van der Waals surface area contributed by atoms with Crippen LogP contribution >= 0.6 is 0 Å². The molecule has 1 aliphatic carbocycles. The van der Waals surface area contributed by atoms with Crippen LogP contribution in [0.4, 0.5) is 0 Å². The number of amides is 1. The molecule has 1 N–H and O–H groups in total. The Morgan fingerprint density at radius 2 is 1.89 bits per heavy atom. The third-order valence-electron chi connectivity index (χ3n) is 4.27. The summed E-state index contributed by atoms with van der Waals surface area (Å²) >= 11 is 0. The zero-order valence-electron chi connectivity index (χ0n) is 13.5. The Hall–Kier alpha value is -0.570. The predicted octanol–water partition coefficient (Wildman–Crippen LogP) is 3.05. The maximum Gasteiger partial charge on any atom is 0.223 e. The standard InChI is InChI=1S/C16H32N2O/c1-6-18(7-2)15(19)8-9-17-14-10-13(3)11-16(4,5)12-14/h13-14,17H,6-12H2,1-5H3. The maximum atomic E-state index is 11.9. The maximum absolute atomic E-state index is 11.9. The highest BCUT2D eigenvalue weighted by Crippen LogP contribution is 2.38. The summed E-state index contributed by atoms with van der Waals surface area (Å²) in [6.07, 6.45) is 4.44. The van der Waals surface area contributed by atoms with E-state index in [1.807, 2.05) is 18.7 Å². The Bertz CT molecular complexity index is 284. The monoisotopic (exact) mass is 268 g/mol. The molecule has 2 unspecified atom stereocenters. The smallest absolute Gasteiger partial charge is 0.223 e. The Balaban J connectivity index is 2.31. The second-order valence-electron chi connectivity index (χ2n) is 6.88. The zero-order valence-corrected chi connectivity index (χ0v) is 13.5. The molecule has 0 spiro atoms. The summed E-state index contributed by atoms with van der Waals surface area (Å²) in [4.78, 5) is 13.8. The number of carbonyl (C=O) groups excluding carboxylic acids is 1. The lowest BCUT2D eigenvalue weighted by molar-refractivity contribution is -0.130. The molecule has 19 heavy (non-hydrogen) atoms. The average molecular weight is 268 g/mol. The molecule has 0 heterocycles. The summed E-state index contributed by atoms with van der Waals surface area (Å²) in [6, 6.07) is 0.586. The summed E-state index contributed by atoms with van der Waals surface area (Å²) in [5.74, 6) is 1.07. The minimum Gasteiger partial charge on any atom is -0.343 e. The molecule has 0 aliphatic heterocycles. The number of carbonyl (C=O) groups is 1. The summed E-state index contributed by atoms with van der Waals surface area (Å²) in [6.45, 7) is 13.6. The first-order valence-corrected chi connectivity index (χ1v) is 7.89. The highest BCUT2D eigenvalue weighted by atomic mass is 16.2. The van der Waals surface area contributed by atoms with Gasteiger partial charge in [0.25, 0.3) is 0 Å². The van der Waals surface area contributed by atoms with Crippen molar-refractivity contribution in [1.82, 2.24) is 10.2 Å². The molecule has 0 aromatic heterocycles. The molecule has 0 saturated heterocycles. The number of rotatable bonds is 6. The van der Waals surface area contributed by atoms with Crippen LogP contribution in [0.5, 0.6) is 0 Å². The van der Waals surface area contributed by atoms with Crippen molar-refractivity contribution in [3.05, 3.63) is 0 Å². The van der Waals surface area contributed by atoms with Gasteiger partial charge in [0.05, 0.1) is 0 Å². The van der Waals surface area contributed by atoms with Crippen LogP contribution in [-0.2, 0) is 4.79 Å². The molecular formula is C16H32N2O. The van der Waals surface area contributed by atoms with Crippen molar-refractivity contribution < 1.29 is 4.79 Å². The van der Waals surface area contributed by atoms with Gasteiger partial charge in [-0.25, -0.2) is 0 Å². The molecule has 1 rings (SSSR count). The van der Waals surface area contributed by atoms with Gasteiger partial charge in [-0.1, -0.05) is 20.8 Å². The Kier molecular flexibility index (Phi) is 6.31. The van der Waals surface area contributed by atoms with Gasteiger partial charge in [-0.05, 0) is 44.4 Å². The van der Waals surface area contributed by atoms with Crippen LogP contribution in [0.1, 0.15) is 60.3 Å². The third-order valence-corrected chi connectivity index (χ3v) is 4.27. The van der Waals surface area contributed by atoms with Crippen LogP contribution < -0.4 is 5.32 Å². The molecule has 2 atom stereocenters. The molecular weight excluding hydrogens is 236 g/mol. The van der Waals surface area contributed by atoms with E-state index in [-0.39, 0.29) is 5.91 Å². The minimum absolute atomic E-state index is 0.278. The van der Waals surface area contributed by atoms with Crippen molar-refractivity contribution in [3.63, 3.8) is 0 Å². The van der Waals surface area contributed by atoms with Crippen LogP contribution in [0, 0.1) is 11.3 Å². The fourth-order valence-corrected chi connectivity index (χ4v) is 3.62. The van der Waals surface area contributed by atoms with Crippen molar-refractivity contribution in [2.45, 2.75) is 66.3 Å². The molecule has 0 bridgehead atoms. The lowest BCUT2D eigenvalue weighted by Crippen LogP contribution is -2.42. The van der Waals surface area contributed by atoms with Crippen molar-refractivity contribution >= 4 is 5.91 Å². The second-order valence-corrected chi connectivity index (χ2v) is 6.88. The van der Waals surface area contributed by atoms with E-state index in [4.69, 9.17) is 0 Å². The van der Waals surface area contributed by atoms with Gasteiger partial charge in [0.2, 0.25) is 5.91 Å². The molecule has 1 fully saturated rings. The van der Waals surface area contributed by atoms with Gasteiger partial charge in [-0.2, -0.15) is 0 Å². The fraction of sp³-hybridized carbons (Fsp3) is 0.938. The van der Waals surface area contributed by atoms with Crippen LogP contribution in [0.25, 0.3) is 0 Å². The van der Waals surface area contributed by atoms with Gasteiger partial charge in [0.15, 0.2) is 0 Å². The van der Waals surface area contributed by atoms with Gasteiger partial charge < -0.3 is 10.2 Å². The van der Waals surface area contributed by atoms with Crippen LogP contribution in [0.2, 0.25) is 0 Å². The van der Waals surface area contributed by atoms with Crippen molar-refractivity contribution in [2.75, 3.05) is 19.6 Å². The first-order chi connectivity index (χ1) is 8.88. The Morgan fingerprint density at radius 1 is 1.26 bits per heavy atom. The Morgan fingerprint density at radius 3 is 2.42 bits per heavy atom. The molecule has 1 amide bonds. The van der Waals surface area contributed by atoms with Gasteiger partial charge >= 0.3 is 0 Å². The molecule has 112 valence electrons.